The summed E-state index contributed by atoms with van der Waals surface area (Å²) in [5, 5.41) is 3.44. The Labute approximate surface area is 180 Å². The molecule has 2 aromatic carbocycles. The van der Waals surface area contributed by atoms with Gasteiger partial charge in [-0.2, -0.15) is 0 Å². The third-order valence-electron chi connectivity index (χ3n) is 5.43. The van der Waals surface area contributed by atoms with E-state index in [4.69, 9.17) is 31.2 Å². The van der Waals surface area contributed by atoms with E-state index in [1.165, 1.54) is 6.07 Å². The monoisotopic (exact) mass is 438 g/mol. The molecule has 0 unspecified atom stereocenters. The summed E-state index contributed by atoms with van der Waals surface area (Å²) in [6, 6.07) is 11.3. The average Bonchev–Trinajstić information content (AvgIpc) is 3.00. The molecule has 1 atom stereocenters. The fraction of sp³-hybridized carbons (Fsp3) is 0.136. The van der Waals surface area contributed by atoms with Gasteiger partial charge in [-0.25, -0.2) is 9.59 Å². The number of anilines is 1. The van der Waals surface area contributed by atoms with Crippen LogP contribution in [0.4, 0.5) is 5.69 Å². The average molecular weight is 439 g/mol. The van der Waals surface area contributed by atoms with Gasteiger partial charge in [0, 0.05) is 16.3 Å². The number of halogens is 1. The molecule has 1 spiro atoms. The minimum Gasteiger partial charge on any atom is -0.462 e. The third-order valence-corrected chi connectivity index (χ3v) is 5.66. The Morgan fingerprint density at radius 1 is 1.23 bits per heavy atom. The summed E-state index contributed by atoms with van der Waals surface area (Å²) in [6.07, 6.45) is 0. The Hall–Kier alpha value is -3.78. The second kappa shape index (κ2) is 6.61. The number of rotatable bonds is 2. The molecule has 0 aliphatic carbocycles. The lowest BCUT2D eigenvalue weighted by atomic mass is 9.68. The molecule has 0 bridgehead atoms. The van der Waals surface area contributed by atoms with Crippen LogP contribution in [0.2, 0.25) is 5.02 Å². The number of nitrogens with one attached hydrogen (secondary N) is 1. The van der Waals surface area contributed by atoms with Crippen LogP contribution < -0.4 is 21.4 Å². The first kappa shape index (κ1) is 19.2. The molecule has 0 saturated carbocycles. The lowest BCUT2D eigenvalue weighted by Crippen LogP contribution is -2.48. The van der Waals surface area contributed by atoms with Gasteiger partial charge in [0.1, 0.15) is 22.1 Å². The quantitative estimate of drug-likeness (QED) is 0.466. The van der Waals surface area contributed by atoms with Gasteiger partial charge < -0.3 is 24.9 Å². The first-order valence-corrected chi connectivity index (χ1v) is 9.80. The van der Waals surface area contributed by atoms with Crippen molar-refractivity contribution in [2.45, 2.75) is 12.3 Å². The maximum Gasteiger partial charge on any atom is 0.345 e. The Bertz CT molecular complexity index is 1390. The van der Waals surface area contributed by atoms with Crippen molar-refractivity contribution in [1.82, 2.24) is 0 Å². The van der Waals surface area contributed by atoms with E-state index in [9.17, 15) is 14.4 Å². The van der Waals surface area contributed by atoms with Crippen molar-refractivity contribution in [3.63, 3.8) is 0 Å². The van der Waals surface area contributed by atoms with Gasteiger partial charge in [0.25, 0.3) is 0 Å². The molecule has 3 heterocycles. The second-order valence-electron chi connectivity index (χ2n) is 7.05. The van der Waals surface area contributed by atoms with E-state index in [2.05, 4.69) is 5.32 Å². The van der Waals surface area contributed by atoms with Gasteiger partial charge in [-0.1, -0.05) is 23.7 Å². The van der Waals surface area contributed by atoms with Gasteiger partial charge in [-0.3, -0.25) is 4.79 Å². The summed E-state index contributed by atoms with van der Waals surface area (Å²) in [7, 11) is 0. The normalized spacial score (nSPS) is 19.1. The third kappa shape index (κ3) is 2.45. The van der Waals surface area contributed by atoms with Crippen LogP contribution in [0, 0.1) is 0 Å². The highest BCUT2D eigenvalue weighted by Crippen LogP contribution is 2.54. The van der Waals surface area contributed by atoms with Crippen molar-refractivity contribution >= 4 is 40.1 Å². The predicted molar refractivity (Wildman–Crippen MR) is 112 cm³/mol. The summed E-state index contributed by atoms with van der Waals surface area (Å²) in [6.45, 7) is 1.63. The number of ether oxygens (including phenoxy) is 2. The molecule has 31 heavy (non-hydrogen) atoms. The van der Waals surface area contributed by atoms with Crippen LogP contribution in [0.25, 0.3) is 11.0 Å². The molecule has 156 valence electrons. The second-order valence-corrected chi connectivity index (χ2v) is 7.48. The number of fused-ring (bicyclic) bond motifs is 6. The minimum absolute atomic E-state index is 0.0227. The fourth-order valence-electron chi connectivity index (χ4n) is 4.25. The first-order chi connectivity index (χ1) is 14.9. The highest BCUT2D eigenvalue weighted by molar-refractivity contribution is 6.31. The van der Waals surface area contributed by atoms with Crippen LogP contribution in [0.15, 0.2) is 63.1 Å². The van der Waals surface area contributed by atoms with E-state index in [-0.39, 0.29) is 40.5 Å². The summed E-state index contributed by atoms with van der Waals surface area (Å²) in [4.78, 5) is 39.8. The van der Waals surface area contributed by atoms with Crippen LogP contribution in [-0.2, 0) is 19.7 Å². The maximum absolute atomic E-state index is 13.5. The largest absolute Gasteiger partial charge is 0.462 e. The van der Waals surface area contributed by atoms with Gasteiger partial charge in [0.2, 0.25) is 11.8 Å². The zero-order valence-corrected chi connectivity index (χ0v) is 16.9. The fourth-order valence-corrected chi connectivity index (χ4v) is 4.42. The standard InChI is InChI=1S/C22H15ClN2O6/c1-2-29-19(26)16-18(24)31-17-11-5-3-4-6-14(11)30-20(27)15(17)22(16)12-9-10(23)7-8-13(12)25-21(22)28/h3-9H,2,24H2,1H3,(H,25,28)/t22-/m0/s1. The molecule has 2 aliphatic rings. The van der Waals surface area contributed by atoms with Gasteiger partial charge in [-0.05, 0) is 37.3 Å². The van der Waals surface area contributed by atoms with Crippen molar-refractivity contribution in [2.24, 2.45) is 5.73 Å². The SMILES string of the molecule is CCOC(=O)C1=C(N)Oc2c(c(=O)oc3ccccc23)[C@]12C(=O)Nc1ccc(Cl)cc12. The molecule has 0 fully saturated rings. The predicted octanol–water partition coefficient (Wildman–Crippen LogP) is 2.81. The molecule has 0 radical (unpaired) electrons. The van der Waals surface area contributed by atoms with E-state index < -0.39 is 22.9 Å². The maximum atomic E-state index is 13.5. The van der Waals surface area contributed by atoms with E-state index in [1.807, 2.05) is 0 Å². The van der Waals surface area contributed by atoms with Crippen molar-refractivity contribution in [1.29, 1.82) is 0 Å². The van der Waals surface area contributed by atoms with E-state index in [0.717, 1.165) is 0 Å². The summed E-state index contributed by atoms with van der Waals surface area (Å²) in [5.74, 6) is -1.85. The van der Waals surface area contributed by atoms with Crippen LogP contribution in [-0.4, -0.2) is 18.5 Å². The molecule has 9 heteroatoms. The molecule has 1 amide bonds. The van der Waals surface area contributed by atoms with Crippen molar-refractivity contribution in [3.8, 4) is 5.75 Å². The van der Waals surface area contributed by atoms with Crippen LogP contribution in [0.1, 0.15) is 18.1 Å². The smallest absolute Gasteiger partial charge is 0.345 e. The van der Waals surface area contributed by atoms with Gasteiger partial charge >= 0.3 is 11.6 Å². The minimum atomic E-state index is -1.95. The number of esters is 1. The summed E-state index contributed by atoms with van der Waals surface area (Å²) in [5.41, 5.74) is 3.84. The van der Waals surface area contributed by atoms with Crippen LogP contribution >= 0.6 is 11.6 Å². The molecule has 8 nitrogen and oxygen atoms in total. The van der Waals surface area contributed by atoms with Gasteiger partial charge in [-0.15, -0.1) is 0 Å². The zero-order valence-electron chi connectivity index (χ0n) is 16.2. The molecule has 3 aromatic rings. The van der Waals surface area contributed by atoms with E-state index in [0.29, 0.717) is 16.1 Å². The molecular weight excluding hydrogens is 424 g/mol. The van der Waals surface area contributed by atoms with Gasteiger partial charge in [0.05, 0.1) is 12.0 Å². The Morgan fingerprint density at radius 2 is 2.00 bits per heavy atom. The first-order valence-electron chi connectivity index (χ1n) is 9.42. The lowest BCUT2D eigenvalue weighted by molar-refractivity contribution is -0.140. The van der Waals surface area contributed by atoms with E-state index in [1.54, 1.807) is 43.3 Å². The highest BCUT2D eigenvalue weighted by atomic mass is 35.5. The number of nitrogens with two attached hydrogens (primary N) is 1. The van der Waals surface area contributed by atoms with Crippen molar-refractivity contribution in [2.75, 3.05) is 11.9 Å². The topological polar surface area (TPSA) is 121 Å². The van der Waals surface area contributed by atoms with E-state index >= 15 is 0 Å². The lowest BCUT2D eigenvalue weighted by Gasteiger charge is -2.34. The number of benzene rings is 2. The molecular formula is C22H15ClN2O6. The number of carbonyl (C=O) groups is 2. The Morgan fingerprint density at radius 3 is 2.77 bits per heavy atom. The number of para-hydroxylation sites is 1. The molecule has 5 rings (SSSR count). The Balaban J connectivity index is 1.98. The molecule has 3 N–H and O–H groups in total. The van der Waals surface area contributed by atoms with Crippen molar-refractivity contribution in [3.05, 3.63) is 80.5 Å². The number of hydrogen-bond donors (Lipinski definition) is 2. The number of amides is 1. The molecule has 1 aromatic heterocycles. The number of carbonyl (C=O) groups excluding carboxylic acids is 2. The molecule has 2 aliphatic heterocycles. The molecule has 0 saturated heterocycles. The zero-order chi connectivity index (χ0) is 21.9. The summed E-state index contributed by atoms with van der Waals surface area (Å²) < 4.78 is 16.4. The Kier molecular flexibility index (Phi) is 4.10. The van der Waals surface area contributed by atoms with Crippen molar-refractivity contribution < 1.29 is 23.5 Å². The summed E-state index contributed by atoms with van der Waals surface area (Å²) >= 11 is 6.22. The highest BCUT2D eigenvalue weighted by Gasteiger charge is 2.61. The van der Waals surface area contributed by atoms with Gasteiger partial charge in [0.15, 0.2) is 5.75 Å². The van der Waals surface area contributed by atoms with Crippen LogP contribution in [0.5, 0.6) is 5.75 Å². The number of hydrogen-bond acceptors (Lipinski definition) is 7. The van der Waals surface area contributed by atoms with Crippen LogP contribution in [0.3, 0.4) is 0 Å².